The molecule has 0 N–H and O–H groups in total. The van der Waals surface area contributed by atoms with Gasteiger partial charge in [-0.3, -0.25) is 0 Å². The molecule has 0 nitrogen and oxygen atoms in total. The summed E-state index contributed by atoms with van der Waals surface area (Å²) in [5.74, 6) is 0. The molecule has 0 spiro atoms. The van der Waals surface area contributed by atoms with Crippen LogP contribution < -0.4 is 0 Å². The summed E-state index contributed by atoms with van der Waals surface area (Å²) in [6, 6.07) is 0. The zero-order chi connectivity index (χ0) is 2.71. The molecule has 0 fully saturated rings. The number of rotatable bonds is 0. The average Bonchev–Trinajstić information content (AvgIpc) is 0.918. The first-order valence-electron chi connectivity index (χ1n) is 0.333. The molecule has 0 heterocycles. The Hall–Kier alpha value is 2.62. The predicted octanol–water partition coefficient (Wildman–Crippen LogP) is -0.116. The zero-order valence-corrected chi connectivity index (χ0v) is 9.12. The van der Waals surface area contributed by atoms with Gasteiger partial charge in [-0.25, -0.2) is 0 Å². The summed E-state index contributed by atoms with van der Waals surface area (Å²) < 4.78 is 0. The molecule has 0 saturated carbocycles. The fourth-order valence-corrected chi connectivity index (χ4v) is 0. The third-order valence-corrected chi connectivity index (χ3v) is 0. The zero-order valence-electron chi connectivity index (χ0n) is 1.63. The van der Waals surface area contributed by atoms with Crippen LogP contribution in [0.1, 0.15) is 0 Å². The van der Waals surface area contributed by atoms with Crippen LogP contribution in [0.15, 0.2) is 0 Å². The molecule has 4 heavy (non-hydrogen) atoms. The molecule has 0 aliphatic rings. The Morgan fingerprint density at radius 1 is 1.25 bits per heavy atom. The Labute approximate surface area is 59.3 Å². The summed E-state index contributed by atoms with van der Waals surface area (Å²) in [5.41, 5.74) is 0. The van der Waals surface area contributed by atoms with Crippen molar-refractivity contribution in [3.63, 3.8) is 0 Å². The predicted molar refractivity (Wildman–Crippen MR) is 19.1 cm³/mol. The van der Waals surface area contributed by atoms with Crippen LogP contribution >= 0.6 is 13.5 Å². The van der Waals surface area contributed by atoms with Gasteiger partial charge in [0.15, 0.2) is 0 Å². The Morgan fingerprint density at radius 3 is 1.25 bits per heavy atom. The molecule has 0 aromatic heterocycles. The van der Waals surface area contributed by atoms with Crippen LogP contribution in [0, 0.1) is 0 Å². The molecule has 2 radical (unpaired) electrons. The van der Waals surface area contributed by atoms with Crippen LogP contribution in [-0.2, 0) is 10.1 Å². The van der Waals surface area contributed by atoms with Crippen LogP contribution in [0.2, 0.25) is 0 Å². The van der Waals surface area contributed by atoms with E-state index in [1.165, 1.54) is 0 Å². The van der Waals surface area contributed by atoms with E-state index in [0.29, 0.717) is 10.1 Å². The van der Waals surface area contributed by atoms with Gasteiger partial charge in [-0.05, 0) is 0 Å². The van der Waals surface area contributed by atoms with E-state index in [1.807, 2.05) is 0 Å². The Kier molecular flexibility index (Phi) is 22.4. The summed E-state index contributed by atoms with van der Waals surface area (Å²) in [6.07, 6.45) is 0. The van der Waals surface area contributed by atoms with Crippen molar-refractivity contribution in [3.8, 4) is 0 Å². The molecular formula is MoSTe2. The van der Waals surface area contributed by atoms with Crippen LogP contribution in [-0.4, -0.2) is 36.9 Å². The van der Waals surface area contributed by atoms with Crippen molar-refractivity contribution in [2.75, 3.05) is 0 Å². The second-order valence-electron chi connectivity index (χ2n) is 0.0680. The molecule has 0 saturated heterocycles. The van der Waals surface area contributed by atoms with E-state index >= 15 is 0 Å². The third-order valence-electron chi connectivity index (χ3n) is 0. The molecule has 0 unspecified atom stereocenters. The van der Waals surface area contributed by atoms with E-state index in [1.54, 1.807) is 0 Å². The molecule has 0 aromatic carbocycles. The first-order valence-corrected chi connectivity index (χ1v) is 13.2. The average molecular weight is 383 g/mol. The first-order chi connectivity index (χ1) is 1.41. The SMILES string of the molecule is [S].[Te]=[Mo]=[Te]. The normalized spacial score (nSPS) is 3.00. The minimum atomic E-state index is 0. The molecule has 0 bridgehead atoms. The molecule has 0 rings (SSSR count). The molecule has 24 valence electrons. The van der Waals surface area contributed by atoms with Gasteiger partial charge in [0.05, 0.1) is 0 Å². The van der Waals surface area contributed by atoms with Crippen LogP contribution in [0.4, 0.5) is 0 Å². The second kappa shape index (κ2) is 9.15. The summed E-state index contributed by atoms with van der Waals surface area (Å²) in [5, 5.41) is 0. The molecule has 0 aliphatic carbocycles. The van der Waals surface area contributed by atoms with Crippen molar-refractivity contribution in [1.29, 1.82) is 0 Å². The number of hydrogen-bond donors (Lipinski definition) is 0. The molecule has 0 amide bonds. The third kappa shape index (κ3) is 8.82. The van der Waals surface area contributed by atoms with Crippen molar-refractivity contribution in [2.45, 2.75) is 0 Å². The van der Waals surface area contributed by atoms with Gasteiger partial charge >= 0.3 is 47.1 Å². The standard InChI is InChI=1S/Mo.S.2Te. The Morgan fingerprint density at radius 2 is 1.25 bits per heavy atom. The van der Waals surface area contributed by atoms with Crippen molar-refractivity contribution >= 4 is 50.4 Å². The first kappa shape index (κ1) is 9.79. The van der Waals surface area contributed by atoms with Crippen LogP contribution in [0.25, 0.3) is 0 Å². The van der Waals surface area contributed by atoms with E-state index in [-0.39, 0.29) is 13.5 Å². The van der Waals surface area contributed by atoms with E-state index in [2.05, 4.69) is 36.9 Å². The number of hydrogen-bond acceptors (Lipinski definition) is 0. The molecule has 0 atom stereocenters. The van der Waals surface area contributed by atoms with E-state index in [4.69, 9.17) is 0 Å². The molecule has 4 heteroatoms. The van der Waals surface area contributed by atoms with Crippen molar-refractivity contribution in [1.82, 2.24) is 0 Å². The maximum absolute atomic E-state index is 2.20. The molecular weight excluding hydrogens is 383 g/mol. The van der Waals surface area contributed by atoms with Gasteiger partial charge in [-0.2, -0.15) is 0 Å². The van der Waals surface area contributed by atoms with Crippen molar-refractivity contribution in [2.24, 2.45) is 0 Å². The van der Waals surface area contributed by atoms with Gasteiger partial charge < -0.3 is 0 Å². The van der Waals surface area contributed by atoms with Gasteiger partial charge in [-0.15, -0.1) is 0 Å². The van der Waals surface area contributed by atoms with Gasteiger partial charge in [0.25, 0.3) is 0 Å². The Balaban J connectivity index is 0. The summed E-state index contributed by atoms with van der Waals surface area (Å²) in [6.45, 7) is 0. The van der Waals surface area contributed by atoms with Gasteiger partial charge in [0, 0.05) is 13.5 Å². The Bertz CT molecular complexity index is 27.0. The van der Waals surface area contributed by atoms with Crippen LogP contribution in [0.5, 0.6) is 0 Å². The van der Waals surface area contributed by atoms with E-state index < -0.39 is 0 Å². The van der Waals surface area contributed by atoms with E-state index in [0.717, 1.165) is 0 Å². The van der Waals surface area contributed by atoms with Crippen molar-refractivity contribution in [3.05, 3.63) is 0 Å². The second-order valence-corrected chi connectivity index (χ2v) is 18.1. The van der Waals surface area contributed by atoms with Gasteiger partial charge in [0.2, 0.25) is 0 Å². The van der Waals surface area contributed by atoms with Gasteiger partial charge in [-0.1, -0.05) is 0 Å². The van der Waals surface area contributed by atoms with Gasteiger partial charge in [0.1, 0.15) is 0 Å². The monoisotopic (exact) mass is 390 g/mol. The maximum atomic E-state index is 2.20. The summed E-state index contributed by atoms with van der Waals surface area (Å²) in [4.78, 5) is 0. The summed E-state index contributed by atoms with van der Waals surface area (Å²) >= 11 is 4.41. The molecule has 0 aliphatic heterocycles. The fourth-order valence-electron chi connectivity index (χ4n) is 0. The quantitative estimate of drug-likeness (QED) is 0.512. The fraction of sp³-hybridized carbons (Fsp3) is 0. The van der Waals surface area contributed by atoms with E-state index in [9.17, 15) is 0 Å². The van der Waals surface area contributed by atoms with Crippen LogP contribution in [0.3, 0.4) is 0 Å². The summed E-state index contributed by atoms with van der Waals surface area (Å²) in [7, 11) is 0.490. The van der Waals surface area contributed by atoms with Crippen molar-refractivity contribution < 1.29 is 10.1 Å². The topological polar surface area (TPSA) is 0 Å². The molecule has 0 aromatic rings. The minimum absolute atomic E-state index is 0.